The molecule has 0 saturated heterocycles. The van der Waals surface area contributed by atoms with Gasteiger partial charge in [0.2, 0.25) is 0 Å². The maximum Gasteiger partial charge on any atom is 0.359 e. The maximum atomic E-state index is 13.7. The van der Waals surface area contributed by atoms with Crippen LogP contribution in [0.1, 0.15) is 51.0 Å². The summed E-state index contributed by atoms with van der Waals surface area (Å²) in [7, 11) is -3.97. The standard InChI is InChI=1S/C34H35N3O5S/c1-2-19-34(20-18-24-9-4-3-5-10-24)23-29(38)32(33(39)42-34)37(27-16-17-27)28-14-7-13-26(22-28)36-43(40,41)30-15-6-11-25-12-8-21-35-31(25)30/h3-15,21-22,27,36,38H,2,16-20,23H2,1H3. The fraction of sp³-hybridized carbons (Fsp3) is 0.294. The molecule has 2 aliphatic rings. The molecule has 4 aromatic rings. The highest BCUT2D eigenvalue weighted by atomic mass is 32.2. The number of nitrogens with zero attached hydrogens (tertiary/aromatic N) is 2. The van der Waals surface area contributed by atoms with Crippen molar-refractivity contribution in [1.29, 1.82) is 0 Å². The van der Waals surface area contributed by atoms with Crippen LogP contribution in [0.15, 0.2) is 107 Å². The lowest BCUT2D eigenvalue weighted by molar-refractivity contribution is -0.160. The van der Waals surface area contributed by atoms with E-state index >= 15 is 0 Å². The molecule has 3 aromatic carbocycles. The summed E-state index contributed by atoms with van der Waals surface area (Å²) in [5.74, 6) is -0.539. The van der Waals surface area contributed by atoms with E-state index in [0.29, 0.717) is 29.7 Å². The fourth-order valence-corrected chi connectivity index (χ4v) is 7.21. The molecule has 0 spiro atoms. The second kappa shape index (κ2) is 11.7. The van der Waals surface area contributed by atoms with Gasteiger partial charge in [-0.1, -0.05) is 67.9 Å². The number of pyridine rings is 1. The summed E-state index contributed by atoms with van der Waals surface area (Å²) in [5, 5.41) is 12.2. The van der Waals surface area contributed by atoms with Crippen LogP contribution in [-0.4, -0.2) is 36.1 Å². The summed E-state index contributed by atoms with van der Waals surface area (Å²) in [6.45, 7) is 2.05. The van der Waals surface area contributed by atoms with Crippen molar-refractivity contribution in [2.75, 3.05) is 9.62 Å². The van der Waals surface area contributed by atoms with Crippen LogP contribution in [0.3, 0.4) is 0 Å². The predicted molar refractivity (Wildman–Crippen MR) is 167 cm³/mol. The Morgan fingerprint density at radius 3 is 2.51 bits per heavy atom. The van der Waals surface area contributed by atoms with Gasteiger partial charge in [-0.3, -0.25) is 9.71 Å². The van der Waals surface area contributed by atoms with Crippen molar-refractivity contribution >= 4 is 38.3 Å². The number of carbonyl (C=O) groups excluding carboxylic acids is 1. The number of aliphatic hydroxyl groups is 1. The number of cyclic esters (lactones) is 1. The average molecular weight is 598 g/mol. The summed E-state index contributed by atoms with van der Waals surface area (Å²) in [5.41, 5.74) is 1.83. The Hall–Kier alpha value is -4.37. The van der Waals surface area contributed by atoms with Crippen LogP contribution < -0.4 is 9.62 Å². The van der Waals surface area contributed by atoms with Crippen molar-refractivity contribution in [3.8, 4) is 0 Å². The van der Waals surface area contributed by atoms with Gasteiger partial charge in [-0.05, 0) is 68.0 Å². The minimum atomic E-state index is -3.97. The van der Waals surface area contributed by atoms with Crippen LogP contribution in [0.25, 0.3) is 10.9 Å². The molecule has 2 heterocycles. The number of ether oxygens (including phenoxy) is 1. The Morgan fingerprint density at radius 2 is 1.77 bits per heavy atom. The first-order valence-electron chi connectivity index (χ1n) is 14.7. The van der Waals surface area contributed by atoms with Gasteiger partial charge >= 0.3 is 5.97 Å². The lowest BCUT2D eigenvalue weighted by Gasteiger charge is -2.40. The lowest BCUT2D eigenvalue weighted by Crippen LogP contribution is -2.45. The van der Waals surface area contributed by atoms with Crippen molar-refractivity contribution in [3.63, 3.8) is 0 Å². The van der Waals surface area contributed by atoms with Crippen molar-refractivity contribution in [2.24, 2.45) is 0 Å². The molecule has 9 heteroatoms. The van der Waals surface area contributed by atoms with Gasteiger partial charge in [0, 0.05) is 29.7 Å². The number of para-hydroxylation sites is 1. The zero-order chi connectivity index (χ0) is 30.0. The molecule has 1 aliphatic heterocycles. The fourth-order valence-electron chi connectivity index (χ4n) is 5.98. The van der Waals surface area contributed by atoms with E-state index < -0.39 is 21.6 Å². The average Bonchev–Trinajstić information content (AvgIpc) is 3.84. The number of carbonyl (C=O) groups is 1. The van der Waals surface area contributed by atoms with E-state index in [-0.39, 0.29) is 28.8 Å². The topological polar surface area (TPSA) is 109 Å². The van der Waals surface area contributed by atoms with Gasteiger partial charge in [-0.25, -0.2) is 13.2 Å². The summed E-state index contributed by atoms with van der Waals surface area (Å²) in [6, 6.07) is 25.6. The molecular formula is C34H35N3O5S. The first-order valence-corrected chi connectivity index (χ1v) is 16.2. The Kier molecular flexibility index (Phi) is 7.83. The number of sulfonamides is 1. The second-order valence-electron chi connectivity index (χ2n) is 11.4. The molecule has 1 aromatic heterocycles. The number of anilines is 2. The highest BCUT2D eigenvalue weighted by Gasteiger charge is 2.46. The first-order chi connectivity index (χ1) is 20.8. The number of aryl methyl sites for hydroxylation is 1. The number of hydrogen-bond donors (Lipinski definition) is 2. The van der Waals surface area contributed by atoms with E-state index in [4.69, 9.17) is 4.74 Å². The number of rotatable bonds is 11. The zero-order valence-electron chi connectivity index (χ0n) is 24.1. The highest BCUT2D eigenvalue weighted by molar-refractivity contribution is 7.93. The van der Waals surface area contributed by atoms with Crippen molar-refractivity contribution in [2.45, 2.75) is 68.4 Å². The second-order valence-corrected chi connectivity index (χ2v) is 13.0. The van der Waals surface area contributed by atoms with Gasteiger partial charge < -0.3 is 14.7 Å². The minimum absolute atomic E-state index is 0.00168. The molecule has 1 saturated carbocycles. The van der Waals surface area contributed by atoms with E-state index in [2.05, 4.69) is 21.8 Å². The van der Waals surface area contributed by atoms with Gasteiger partial charge in [0.25, 0.3) is 10.0 Å². The Morgan fingerprint density at radius 1 is 1.00 bits per heavy atom. The van der Waals surface area contributed by atoms with Crippen LogP contribution in [0.5, 0.6) is 0 Å². The third-order valence-corrected chi connectivity index (χ3v) is 9.51. The van der Waals surface area contributed by atoms with Gasteiger partial charge in [0.15, 0.2) is 5.70 Å². The molecule has 1 aliphatic carbocycles. The largest absolute Gasteiger partial charge is 0.510 e. The normalized spacial score (nSPS) is 18.9. The number of aromatic nitrogens is 1. The summed E-state index contributed by atoms with van der Waals surface area (Å²) < 4.78 is 35.8. The Labute approximate surface area is 252 Å². The molecule has 0 bridgehead atoms. The van der Waals surface area contributed by atoms with Crippen LogP contribution in [0.4, 0.5) is 11.4 Å². The number of hydrogen-bond acceptors (Lipinski definition) is 7. The van der Waals surface area contributed by atoms with Gasteiger partial charge in [0.05, 0.1) is 11.2 Å². The molecule has 1 unspecified atom stereocenters. The molecule has 6 rings (SSSR count). The number of fused-ring (bicyclic) bond motifs is 1. The van der Waals surface area contributed by atoms with Gasteiger partial charge in [-0.2, -0.15) is 0 Å². The number of benzene rings is 3. The highest BCUT2D eigenvalue weighted by Crippen LogP contribution is 2.43. The van der Waals surface area contributed by atoms with E-state index in [1.165, 1.54) is 6.07 Å². The van der Waals surface area contributed by atoms with Crippen LogP contribution >= 0.6 is 0 Å². The Bertz CT molecular complexity index is 1780. The molecular weight excluding hydrogens is 562 g/mol. The van der Waals surface area contributed by atoms with Crippen LogP contribution in [0.2, 0.25) is 0 Å². The SMILES string of the molecule is CCCC1(CCc2ccccc2)CC(O)=C(N(c2cccc(NS(=O)(=O)c3cccc4cccnc34)c2)C2CC2)C(=O)O1. The van der Waals surface area contributed by atoms with E-state index in [9.17, 15) is 18.3 Å². The third kappa shape index (κ3) is 6.08. The quantitative estimate of drug-likeness (QED) is 0.181. The smallest absolute Gasteiger partial charge is 0.359 e. The van der Waals surface area contributed by atoms with Crippen LogP contribution in [-0.2, 0) is 26.0 Å². The van der Waals surface area contributed by atoms with E-state index in [1.807, 2.05) is 48.2 Å². The monoisotopic (exact) mass is 597 g/mol. The minimum Gasteiger partial charge on any atom is -0.510 e. The summed E-state index contributed by atoms with van der Waals surface area (Å²) in [4.78, 5) is 19.8. The van der Waals surface area contributed by atoms with Crippen LogP contribution in [0, 0.1) is 0 Å². The van der Waals surface area contributed by atoms with Crippen molar-refractivity contribution in [1.82, 2.24) is 4.98 Å². The van der Waals surface area contributed by atoms with E-state index in [1.54, 1.807) is 36.5 Å². The zero-order valence-corrected chi connectivity index (χ0v) is 24.9. The van der Waals surface area contributed by atoms with E-state index in [0.717, 1.165) is 36.6 Å². The first kappa shape index (κ1) is 28.7. The Balaban J connectivity index is 1.29. The third-order valence-electron chi connectivity index (χ3n) is 8.10. The molecule has 8 nitrogen and oxygen atoms in total. The molecule has 2 N–H and O–H groups in total. The maximum absolute atomic E-state index is 13.7. The molecule has 1 fully saturated rings. The molecule has 0 radical (unpaired) electrons. The van der Waals surface area contributed by atoms with Gasteiger partial charge in [0.1, 0.15) is 16.3 Å². The summed E-state index contributed by atoms with van der Waals surface area (Å²) in [6.07, 6.45) is 6.28. The van der Waals surface area contributed by atoms with Crippen molar-refractivity contribution < 1.29 is 23.1 Å². The van der Waals surface area contributed by atoms with Gasteiger partial charge in [-0.15, -0.1) is 0 Å². The molecule has 0 amide bonds. The lowest BCUT2D eigenvalue weighted by atomic mass is 9.84. The molecule has 1 atom stereocenters. The molecule has 43 heavy (non-hydrogen) atoms. The summed E-state index contributed by atoms with van der Waals surface area (Å²) >= 11 is 0. The number of aliphatic hydroxyl groups excluding tert-OH is 1. The number of esters is 1. The van der Waals surface area contributed by atoms with Crippen molar-refractivity contribution in [3.05, 3.63) is 108 Å². The number of nitrogens with one attached hydrogen (secondary N) is 1. The molecule has 222 valence electrons. The predicted octanol–water partition coefficient (Wildman–Crippen LogP) is 6.89.